The predicted molar refractivity (Wildman–Crippen MR) is 88.5 cm³/mol. The van der Waals surface area contributed by atoms with Crippen LogP contribution in [0.25, 0.3) is 0 Å². The van der Waals surface area contributed by atoms with Crippen molar-refractivity contribution in [3.8, 4) is 5.75 Å². The average molecular weight is 391 g/mol. The molecule has 2 rings (SSSR count). The summed E-state index contributed by atoms with van der Waals surface area (Å²) in [4.78, 5) is 1.01. The van der Waals surface area contributed by atoms with Crippen LogP contribution >= 0.6 is 27.3 Å². The number of benzene rings is 1. The Balaban J connectivity index is 2.50. The highest BCUT2D eigenvalue weighted by Crippen LogP contribution is 2.36. The van der Waals surface area contributed by atoms with E-state index in [0.717, 1.165) is 4.88 Å². The number of ether oxygens (including phenoxy) is 1. The van der Waals surface area contributed by atoms with Gasteiger partial charge in [-0.2, -0.15) is 0 Å². The lowest BCUT2D eigenvalue weighted by Gasteiger charge is -2.21. The third-order valence-electron chi connectivity index (χ3n) is 2.97. The van der Waals surface area contributed by atoms with Crippen molar-refractivity contribution in [3.63, 3.8) is 0 Å². The predicted octanol–water partition coefficient (Wildman–Crippen LogP) is 2.80. The van der Waals surface area contributed by atoms with Crippen LogP contribution in [0.1, 0.15) is 4.88 Å². The number of methoxy groups -OCH3 is 1. The third-order valence-corrected chi connectivity index (χ3v) is 7.02. The molecule has 1 heterocycles. The van der Waals surface area contributed by atoms with Gasteiger partial charge >= 0.3 is 0 Å². The van der Waals surface area contributed by atoms with Crippen LogP contribution in [0.2, 0.25) is 0 Å². The largest absolute Gasteiger partial charge is 0.495 e. The fraction of sp³-hybridized carbons (Fsp3) is 0.231. The number of rotatable bonds is 5. The van der Waals surface area contributed by atoms with Crippen LogP contribution in [0, 0.1) is 0 Å². The van der Waals surface area contributed by atoms with Gasteiger partial charge in [-0.1, -0.05) is 12.1 Å². The van der Waals surface area contributed by atoms with Crippen molar-refractivity contribution in [1.29, 1.82) is 0 Å². The summed E-state index contributed by atoms with van der Waals surface area (Å²) < 4.78 is 32.5. The quantitative estimate of drug-likeness (QED) is 0.851. The second-order valence-corrected chi connectivity index (χ2v) is 8.59. The Morgan fingerprint density at radius 1 is 1.38 bits per heavy atom. The summed E-state index contributed by atoms with van der Waals surface area (Å²) >= 11 is 4.61. The minimum Gasteiger partial charge on any atom is -0.495 e. The van der Waals surface area contributed by atoms with Crippen LogP contribution in [0.4, 0.5) is 5.69 Å². The van der Waals surface area contributed by atoms with E-state index in [2.05, 4.69) is 15.9 Å². The number of hydrogen-bond donors (Lipinski definition) is 1. The lowest BCUT2D eigenvalue weighted by Crippen LogP contribution is -2.26. The van der Waals surface area contributed by atoms with Crippen LogP contribution in [0.15, 0.2) is 39.0 Å². The minimum absolute atomic E-state index is 0.210. The Kier molecular flexibility index (Phi) is 4.92. The summed E-state index contributed by atoms with van der Waals surface area (Å²) in [6, 6.07) is 8.56. The summed E-state index contributed by atoms with van der Waals surface area (Å²) in [6.45, 7) is 0.303. The van der Waals surface area contributed by atoms with Gasteiger partial charge in [-0.05, 0) is 34.1 Å². The summed E-state index contributed by atoms with van der Waals surface area (Å²) in [5.74, 6) is 0.494. The van der Waals surface area contributed by atoms with Gasteiger partial charge in [0.05, 0.1) is 16.6 Å². The van der Waals surface area contributed by atoms with Crippen molar-refractivity contribution in [2.24, 2.45) is 5.73 Å². The number of nitrogens with zero attached hydrogens (tertiary/aromatic N) is 1. The fourth-order valence-electron chi connectivity index (χ4n) is 1.84. The van der Waals surface area contributed by atoms with E-state index in [1.807, 2.05) is 0 Å². The van der Waals surface area contributed by atoms with E-state index in [0.29, 0.717) is 21.8 Å². The molecule has 5 nitrogen and oxygen atoms in total. The van der Waals surface area contributed by atoms with Crippen molar-refractivity contribution in [1.82, 2.24) is 0 Å². The monoisotopic (exact) mass is 390 g/mol. The molecule has 114 valence electrons. The molecule has 0 fully saturated rings. The van der Waals surface area contributed by atoms with E-state index in [-0.39, 0.29) is 4.90 Å². The van der Waals surface area contributed by atoms with E-state index in [9.17, 15) is 8.42 Å². The molecule has 1 aromatic carbocycles. The number of para-hydroxylation sites is 2. The summed E-state index contributed by atoms with van der Waals surface area (Å²) in [7, 11) is -0.678. The van der Waals surface area contributed by atoms with Crippen molar-refractivity contribution < 1.29 is 13.2 Å². The summed E-state index contributed by atoms with van der Waals surface area (Å²) in [5.41, 5.74) is 6.05. The molecule has 1 aromatic heterocycles. The van der Waals surface area contributed by atoms with Gasteiger partial charge in [-0.15, -0.1) is 11.3 Å². The van der Waals surface area contributed by atoms with Gasteiger partial charge in [0.15, 0.2) is 0 Å². The molecule has 2 aromatic rings. The molecule has 0 saturated heterocycles. The Hall–Kier alpha value is -1.09. The van der Waals surface area contributed by atoms with Crippen LogP contribution < -0.4 is 14.8 Å². The molecule has 21 heavy (non-hydrogen) atoms. The van der Waals surface area contributed by atoms with Gasteiger partial charge in [-0.25, -0.2) is 8.42 Å². The first-order chi connectivity index (χ1) is 9.91. The molecular formula is C13H15BrN2O3S2. The average Bonchev–Trinajstić information content (AvgIpc) is 2.88. The zero-order chi connectivity index (χ0) is 15.6. The standard InChI is InChI=1S/C13H15BrN2O3S2/c1-16(10-5-3-4-6-11(10)19-2)21(17,18)12-7-9(8-15)20-13(12)14/h3-7H,8,15H2,1-2H3. The van der Waals surface area contributed by atoms with Crippen LogP contribution in [0.5, 0.6) is 5.75 Å². The van der Waals surface area contributed by atoms with Crippen molar-refractivity contribution in [2.45, 2.75) is 11.4 Å². The second-order valence-electron chi connectivity index (χ2n) is 4.20. The first-order valence-corrected chi connectivity index (χ1v) is 9.07. The molecule has 0 atom stereocenters. The normalized spacial score (nSPS) is 11.4. The molecule has 0 aliphatic rings. The van der Waals surface area contributed by atoms with E-state index in [4.69, 9.17) is 10.5 Å². The Morgan fingerprint density at radius 3 is 2.62 bits per heavy atom. The van der Waals surface area contributed by atoms with E-state index in [1.165, 1.54) is 29.8 Å². The van der Waals surface area contributed by atoms with Gasteiger partial charge in [0.2, 0.25) is 0 Å². The molecule has 0 spiro atoms. The fourth-order valence-corrected chi connectivity index (χ4v) is 5.56. The molecule has 0 bridgehead atoms. The zero-order valence-electron chi connectivity index (χ0n) is 11.5. The number of hydrogen-bond acceptors (Lipinski definition) is 5. The summed E-state index contributed by atoms with van der Waals surface area (Å²) in [5, 5.41) is 0. The molecule has 0 saturated carbocycles. The first kappa shape index (κ1) is 16.3. The zero-order valence-corrected chi connectivity index (χ0v) is 14.8. The highest BCUT2D eigenvalue weighted by Gasteiger charge is 2.27. The number of nitrogens with two attached hydrogens (primary N) is 1. The SMILES string of the molecule is COc1ccccc1N(C)S(=O)(=O)c1cc(CN)sc1Br. The molecule has 2 N–H and O–H groups in total. The maximum atomic E-state index is 12.8. The molecule has 8 heteroatoms. The topological polar surface area (TPSA) is 72.6 Å². The van der Waals surface area contributed by atoms with Gasteiger partial charge in [0.1, 0.15) is 10.6 Å². The molecular weight excluding hydrogens is 376 g/mol. The highest BCUT2D eigenvalue weighted by atomic mass is 79.9. The molecule has 0 unspecified atom stereocenters. The molecule has 0 amide bonds. The van der Waals surface area contributed by atoms with Gasteiger partial charge < -0.3 is 10.5 Å². The van der Waals surface area contributed by atoms with Crippen LogP contribution in [-0.2, 0) is 16.6 Å². The maximum Gasteiger partial charge on any atom is 0.266 e. The van der Waals surface area contributed by atoms with Gasteiger partial charge in [0.25, 0.3) is 10.0 Å². The van der Waals surface area contributed by atoms with E-state index in [1.54, 1.807) is 30.3 Å². The number of anilines is 1. The maximum absolute atomic E-state index is 12.8. The Bertz CT molecular complexity index is 744. The lowest BCUT2D eigenvalue weighted by atomic mass is 10.3. The van der Waals surface area contributed by atoms with Gasteiger partial charge in [0, 0.05) is 18.5 Å². The third kappa shape index (κ3) is 3.08. The van der Waals surface area contributed by atoms with Crippen molar-refractivity contribution >= 4 is 43.0 Å². The number of halogens is 1. The lowest BCUT2D eigenvalue weighted by molar-refractivity contribution is 0.416. The summed E-state index contributed by atoms with van der Waals surface area (Å²) in [6.07, 6.45) is 0. The van der Waals surface area contributed by atoms with Crippen molar-refractivity contribution in [2.75, 3.05) is 18.5 Å². The van der Waals surface area contributed by atoms with E-state index < -0.39 is 10.0 Å². The van der Waals surface area contributed by atoms with Crippen LogP contribution in [0.3, 0.4) is 0 Å². The van der Waals surface area contributed by atoms with Crippen LogP contribution in [-0.4, -0.2) is 22.6 Å². The van der Waals surface area contributed by atoms with Gasteiger partial charge in [-0.3, -0.25) is 4.31 Å². The smallest absolute Gasteiger partial charge is 0.266 e. The Morgan fingerprint density at radius 2 is 2.05 bits per heavy atom. The van der Waals surface area contributed by atoms with E-state index >= 15 is 0 Å². The number of sulfonamides is 1. The van der Waals surface area contributed by atoms with Crippen molar-refractivity contribution in [3.05, 3.63) is 39.0 Å². The minimum atomic E-state index is -3.68. The number of thiophene rings is 1. The molecule has 0 aliphatic heterocycles. The Labute approximate surface area is 136 Å². The highest BCUT2D eigenvalue weighted by molar-refractivity contribution is 9.11. The molecule has 0 radical (unpaired) electrons. The molecule has 0 aliphatic carbocycles. The first-order valence-electron chi connectivity index (χ1n) is 6.02. The second kappa shape index (κ2) is 6.35.